The van der Waals surface area contributed by atoms with Crippen LogP contribution in [0.5, 0.6) is 0 Å². The normalized spacial score (nSPS) is 25.7. The molecule has 4 heterocycles. The number of thioether (sulfide) groups is 1. The third kappa shape index (κ3) is 7.24. The number of aliphatic hydroxyl groups excluding tert-OH is 1. The molecular formula is C27H32F3N3O8S. The van der Waals surface area contributed by atoms with Crippen molar-refractivity contribution in [1.29, 1.82) is 0 Å². The number of aryl methyl sites for hydroxylation is 1. The molecule has 11 nitrogen and oxygen atoms in total. The highest BCUT2D eigenvalue weighted by molar-refractivity contribution is 8.03. The minimum absolute atomic E-state index is 0.0125. The summed E-state index contributed by atoms with van der Waals surface area (Å²) in [7, 11) is 0. The van der Waals surface area contributed by atoms with Crippen molar-refractivity contribution in [3.05, 3.63) is 53.8 Å². The van der Waals surface area contributed by atoms with Gasteiger partial charge in [0.25, 0.3) is 0 Å². The van der Waals surface area contributed by atoms with Gasteiger partial charge in [0.15, 0.2) is 12.4 Å². The van der Waals surface area contributed by atoms with Crippen LogP contribution in [0.2, 0.25) is 0 Å². The molecule has 2 saturated heterocycles. The first-order valence-corrected chi connectivity index (χ1v) is 14.0. The van der Waals surface area contributed by atoms with Gasteiger partial charge >= 0.3 is 18.2 Å². The zero-order valence-electron chi connectivity index (χ0n) is 22.9. The van der Waals surface area contributed by atoms with Crippen LogP contribution in [-0.4, -0.2) is 86.7 Å². The van der Waals surface area contributed by atoms with Crippen molar-refractivity contribution in [2.24, 2.45) is 11.8 Å². The van der Waals surface area contributed by atoms with E-state index in [9.17, 15) is 37.8 Å². The van der Waals surface area contributed by atoms with Crippen LogP contribution in [0.15, 0.2) is 53.8 Å². The number of β-lactam (4-membered cyclic amide) rings is 1. The van der Waals surface area contributed by atoms with E-state index in [-0.39, 0.29) is 41.5 Å². The monoisotopic (exact) mass is 615 g/mol. The molecular weight excluding hydrogens is 583 g/mol. The minimum atomic E-state index is -5.19. The van der Waals surface area contributed by atoms with Gasteiger partial charge in [-0.2, -0.15) is 13.2 Å². The molecule has 0 unspecified atom stereocenters. The Morgan fingerprint density at radius 2 is 1.90 bits per heavy atom. The number of hydrogen-bond donors (Lipinski definition) is 2. The summed E-state index contributed by atoms with van der Waals surface area (Å²) in [5, 5.41) is 28.7. The van der Waals surface area contributed by atoms with Gasteiger partial charge in [0.05, 0.1) is 18.1 Å². The maximum Gasteiger partial charge on any atom is 0.430 e. The number of amides is 2. The number of aliphatic hydroxyl groups is 1. The van der Waals surface area contributed by atoms with E-state index in [2.05, 4.69) is 11.1 Å². The molecule has 0 aromatic carbocycles. The molecule has 0 aliphatic carbocycles. The van der Waals surface area contributed by atoms with Crippen LogP contribution >= 0.6 is 11.8 Å². The van der Waals surface area contributed by atoms with Crippen LogP contribution in [0, 0.1) is 11.8 Å². The quantitative estimate of drug-likeness (QED) is 0.238. The lowest BCUT2D eigenvalue weighted by Gasteiger charge is -2.46. The number of aromatic nitrogens is 1. The number of aliphatic carboxylic acids is 2. The Morgan fingerprint density at radius 1 is 1.29 bits per heavy atom. The Bertz CT molecular complexity index is 1230. The number of alkyl halides is 3. The summed E-state index contributed by atoms with van der Waals surface area (Å²) in [4.78, 5) is 50.0. The lowest BCUT2D eigenvalue weighted by molar-refractivity contribution is -0.697. The Labute approximate surface area is 244 Å². The molecule has 42 heavy (non-hydrogen) atoms. The van der Waals surface area contributed by atoms with Crippen LogP contribution in [0.1, 0.15) is 26.7 Å². The summed E-state index contributed by atoms with van der Waals surface area (Å²) in [6, 6.07) is 5.44. The molecule has 1 aromatic rings. The molecule has 3 aliphatic heterocycles. The van der Waals surface area contributed by atoms with Crippen molar-refractivity contribution < 1.29 is 57.0 Å². The number of rotatable bonds is 9. The minimum Gasteiger partial charge on any atom is -0.542 e. The molecule has 2 fully saturated rings. The number of likely N-dealkylation sites (tertiary alicyclic amines) is 1. The molecule has 0 saturated carbocycles. The summed E-state index contributed by atoms with van der Waals surface area (Å²) in [6.45, 7) is 8.35. The average molecular weight is 616 g/mol. The van der Waals surface area contributed by atoms with Crippen molar-refractivity contribution >= 4 is 35.7 Å². The third-order valence-electron chi connectivity index (χ3n) is 7.27. The highest BCUT2D eigenvalue weighted by atomic mass is 32.2. The second kappa shape index (κ2) is 13.6. The largest absolute Gasteiger partial charge is 0.542 e. The first-order valence-electron chi connectivity index (χ1n) is 13.1. The number of halogens is 3. The average Bonchev–Trinajstić information content (AvgIpc) is 3.43. The number of carboxylic acid groups (broad SMARTS) is 2. The van der Waals surface area contributed by atoms with Crippen molar-refractivity contribution in [1.82, 2.24) is 9.80 Å². The maximum atomic E-state index is 12.8. The van der Waals surface area contributed by atoms with E-state index >= 15 is 0 Å². The number of pyridine rings is 1. The SMILES string of the molecule is C=CCOC(=O)N1C[C@@H](SC2=C(C(=O)O)N3C(=O)[C@H]([C@@H](C)O)[C@H]3[C@H]2C)C[C@H]1CC[n+]1ccccc1.O=C([O-])C(F)(F)F. The van der Waals surface area contributed by atoms with Crippen LogP contribution in [0.25, 0.3) is 0 Å². The van der Waals surface area contributed by atoms with Gasteiger partial charge in [-0.05, 0) is 13.3 Å². The molecule has 230 valence electrons. The first-order chi connectivity index (χ1) is 19.7. The van der Waals surface area contributed by atoms with Gasteiger partial charge in [0.2, 0.25) is 5.91 Å². The van der Waals surface area contributed by atoms with Crippen LogP contribution < -0.4 is 9.67 Å². The van der Waals surface area contributed by atoms with Crippen molar-refractivity contribution in [2.75, 3.05) is 13.2 Å². The summed E-state index contributed by atoms with van der Waals surface area (Å²) < 4.78 is 38.9. The number of carbonyl (C=O) groups excluding carboxylic acids is 3. The molecule has 2 amide bonds. The molecule has 4 rings (SSSR count). The number of fused-ring (bicyclic) bond motifs is 1. The van der Waals surface area contributed by atoms with Crippen LogP contribution in [0.3, 0.4) is 0 Å². The molecule has 3 aliphatic rings. The van der Waals surface area contributed by atoms with E-state index in [1.165, 1.54) is 22.7 Å². The predicted molar refractivity (Wildman–Crippen MR) is 140 cm³/mol. The number of carboxylic acids is 2. The van der Waals surface area contributed by atoms with Gasteiger partial charge in [0.1, 0.15) is 24.8 Å². The lowest BCUT2D eigenvalue weighted by atomic mass is 9.79. The first kappa shape index (κ1) is 32.9. The molecule has 1 aromatic heterocycles. The molecule has 6 atom stereocenters. The van der Waals surface area contributed by atoms with E-state index in [0.717, 1.165) is 13.0 Å². The van der Waals surface area contributed by atoms with Crippen LogP contribution in [0.4, 0.5) is 18.0 Å². The Hall–Kier alpha value is -3.59. The second-order valence-corrected chi connectivity index (χ2v) is 11.4. The Morgan fingerprint density at radius 3 is 2.43 bits per heavy atom. The highest BCUT2D eigenvalue weighted by Crippen LogP contribution is 2.52. The summed E-state index contributed by atoms with van der Waals surface area (Å²) in [5.41, 5.74) is 0.0125. The highest BCUT2D eigenvalue weighted by Gasteiger charge is 2.60. The zero-order valence-corrected chi connectivity index (χ0v) is 23.7. The fraction of sp³-hybridized carbons (Fsp3) is 0.519. The van der Waals surface area contributed by atoms with Gasteiger partial charge in [-0.1, -0.05) is 25.6 Å². The fourth-order valence-electron chi connectivity index (χ4n) is 5.41. The smallest absolute Gasteiger partial charge is 0.430 e. The van der Waals surface area contributed by atoms with Crippen molar-refractivity contribution in [3.63, 3.8) is 0 Å². The topological polar surface area (TPSA) is 151 Å². The van der Waals surface area contributed by atoms with Gasteiger partial charge in [-0.15, -0.1) is 11.8 Å². The molecule has 15 heteroatoms. The lowest BCUT2D eigenvalue weighted by Crippen LogP contribution is -2.63. The Balaban J connectivity index is 0.000000616. The van der Waals surface area contributed by atoms with E-state index in [1.807, 2.05) is 37.5 Å². The maximum absolute atomic E-state index is 12.8. The number of nitrogens with zero attached hydrogens (tertiary/aromatic N) is 3. The van der Waals surface area contributed by atoms with Gasteiger partial charge in [-0.25, -0.2) is 14.2 Å². The Kier molecular flexibility index (Phi) is 10.7. The number of hydrogen-bond acceptors (Lipinski definition) is 8. The number of carbonyl (C=O) groups is 4. The van der Waals surface area contributed by atoms with E-state index in [0.29, 0.717) is 17.9 Å². The third-order valence-corrected chi connectivity index (χ3v) is 8.76. The van der Waals surface area contributed by atoms with Crippen LogP contribution in [-0.2, 0) is 25.7 Å². The van der Waals surface area contributed by atoms with Gasteiger partial charge in [0, 0.05) is 47.2 Å². The van der Waals surface area contributed by atoms with E-state index in [1.54, 1.807) is 11.8 Å². The molecule has 0 spiro atoms. The molecule has 0 bridgehead atoms. The fourth-order valence-corrected chi connectivity index (χ4v) is 6.97. The van der Waals surface area contributed by atoms with Gasteiger partial charge < -0.3 is 34.7 Å². The summed E-state index contributed by atoms with van der Waals surface area (Å²) >= 11 is 1.44. The molecule has 0 radical (unpaired) electrons. The summed E-state index contributed by atoms with van der Waals surface area (Å²) in [5.74, 6) is -5.29. The number of ether oxygens (including phenoxy) is 1. The van der Waals surface area contributed by atoms with Crippen molar-refractivity contribution in [3.8, 4) is 0 Å². The van der Waals surface area contributed by atoms with E-state index < -0.39 is 36.2 Å². The van der Waals surface area contributed by atoms with Crippen molar-refractivity contribution in [2.45, 2.75) is 62.8 Å². The predicted octanol–water partition coefficient (Wildman–Crippen LogP) is 1.32. The second-order valence-electron chi connectivity index (χ2n) is 10.1. The zero-order chi connectivity index (χ0) is 31.4. The standard InChI is InChI=1S/C25H31N3O6S.C2HF3O2/c1-4-12-34-25(33)27-14-18(13-17(27)8-11-26-9-6-5-7-10-26)35-22-15(2)20-19(16(3)29)23(30)28(20)21(22)24(31)32;3-2(4,5)1(6)7/h4-7,9-10,15-20,29H,1,8,11-14H2,2-3H3;(H,6,7)/t15-,16-,17-,18+,19-,20-;/m1./s1. The molecule has 2 N–H and O–H groups in total. The summed E-state index contributed by atoms with van der Waals surface area (Å²) in [6.07, 6.45) is 0.453. The van der Waals surface area contributed by atoms with E-state index in [4.69, 9.17) is 14.6 Å². The van der Waals surface area contributed by atoms with Gasteiger partial charge in [-0.3, -0.25) is 4.79 Å².